The average molecular weight is 306 g/mol. The van der Waals surface area contributed by atoms with Crippen molar-refractivity contribution >= 4 is 27.3 Å². The average Bonchev–Trinajstić information content (AvgIpc) is 2.31. The van der Waals surface area contributed by atoms with Gasteiger partial charge in [-0.25, -0.2) is 8.42 Å². The maximum atomic E-state index is 11.8. The molecule has 0 fully saturated rings. The first-order chi connectivity index (χ1) is 8.93. The highest BCUT2D eigenvalue weighted by Crippen LogP contribution is 2.12. The minimum Gasteiger partial charge on any atom is -0.378 e. The van der Waals surface area contributed by atoms with E-state index < -0.39 is 10.0 Å². The second-order valence-electron chi connectivity index (χ2n) is 4.48. The molecule has 0 radical (unpaired) electrons. The third kappa shape index (κ3) is 6.80. The number of nitrogens with one attached hydrogen (secondary N) is 1. The monoisotopic (exact) mass is 305 g/mol. The number of sulfonamides is 1. The Balaban J connectivity index is 2.52. The minimum atomic E-state index is -3.36. The predicted octanol–water partition coefficient (Wildman–Crippen LogP) is 2.63. The minimum absolute atomic E-state index is 0.0324. The predicted molar refractivity (Wildman–Crippen MR) is 79.4 cm³/mol. The van der Waals surface area contributed by atoms with Gasteiger partial charge in [0.05, 0.1) is 18.5 Å². The van der Waals surface area contributed by atoms with Gasteiger partial charge in [0.15, 0.2) is 0 Å². The van der Waals surface area contributed by atoms with E-state index >= 15 is 0 Å². The number of ether oxygens (including phenoxy) is 1. The first kappa shape index (κ1) is 16.3. The third-order valence-corrected chi connectivity index (χ3v) is 3.85. The van der Waals surface area contributed by atoms with Gasteiger partial charge in [-0.05, 0) is 38.0 Å². The molecule has 1 aromatic rings. The van der Waals surface area contributed by atoms with Crippen LogP contribution in [0.3, 0.4) is 0 Å². The van der Waals surface area contributed by atoms with E-state index in [0.29, 0.717) is 11.6 Å². The number of benzene rings is 1. The zero-order chi connectivity index (χ0) is 14.3. The van der Waals surface area contributed by atoms with Crippen LogP contribution in [-0.2, 0) is 21.2 Å². The summed E-state index contributed by atoms with van der Waals surface area (Å²) in [6.45, 7) is 3.93. The van der Waals surface area contributed by atoms with Crippen molar-refractivity contribution in [3.8, 4) is 0 Å². The van der Waals surface area contributed by atoms with Gasteiger partial charge >= 0.3 is 0 Å². The number of aryl methyl sites for hydroxylation is 1. The van der Waals surface area contributed by atoms with Crippen molar-refractivity contribution in [1.82, 2.24) is 0 Å². The van der Waals surface area contributed by atoms with Crippen molar-refractivity contribution in [1.29, 1.82) is 0 Å². The molecular formula is C13H20ClNO3S. The van der Waals surface area contributed by atoms with Crippen LogP contribution >= 0.6 is 11.6 Å². The number of rotatable bonds is 8. The second-order valence-corrected chi connectivity index (χ2v) is 6.70. The molecule has 0 spiro atoms. The van der Waals surface area contributed by atoms with Gasteiger partial charge in [0.25, 0.3) is 0 Å². The molecule has 0 aliphatic carbocycles. The van der Waals surface area contributed by atoms with Gasteiger partial charge in [-0.3, -0.25) is 4.72 Å². The summed E-state index contributed by atoms with van der Waals surface area (Å²) in [5.74, 6) is 0.506. The van der Waals surface area contributed by atoms with E-state index in [4.69, 9.17) is 16.3 Å². The summed E-state index contributed by atoms with van der Waals surface area (Å²) in [5, 5.41) is 0. The van der Waals surface area contributed by atoms with E-state index in [2.05, 4.69) is 4.72 Å². The van der Waals surface area contributed by atoms with Crippen molar-refractivity contribution in [2.45, 2.75) is 26.4 Å². The Bertz CT molecular complexity index is 471. The fraction of sp³-hybridized carbons (Fsp3) is 0.538. The number of hydrogen-bond acceptors (Lipinski definition) is 3. The lowest BCUT2D eigenvalue weighted by Crippen LogP contribution is -2.21. The molecule has 19 heavy (non-hydrogen) atoms. The van der Waals surface area contributed by atoms with Crippen LogP contribution < -0.4 is 4.72 Å². The van der Waals surface area contributed by atoms with Gasteiger partial charge in [0.2, 0.25) is 10.0 Å². The lowest BCUT2D eigenvalue weighted by Gasteiger charge is -2.10. The van der Waals surface area contributed by atoms with Gasteiger partial charge in [-0.15, -0.1) is 11.6 Å². The molecule has 1 rings (SSSR count). The maximum absolute atomic E-state index is 11.8. The van der Waals surface area contributed by atoms with Gasteiger partial charge in [0, 0.05) is 11.6 Å². The SMILES string of the molecule is CC(C)OCCS(=O)(=O)Nc1ccc(CCCl)cc1. The van der Waals surface area contributed by atoms with Crippen molar-refractivity contribution in [3.05, 3.63) is 29.8 Å². The van der Waals surface area contributed by atoms with Crippen LogP contribution in [0.1, 0.15) is 19.4 Å². The van der Waals surface area contributed by atoms with Crippen LogP contribution in [0.25, 0.3) is 0 Å². The molecule has 4 nitrogen and oxygen atoms in total. The lowest BCUT2D eigenvalue weighted by atomic mass is 10.2. The maximum Gasteiger partial charge on any atom is 0.234 e. The number of halogens is 1. The Morgan fingerprint density at radius 3 is 2.42 bits per heavy atom. The van der Waals surface area contributed by atoms with E-state index in [0.717, 1.165) is 12.0 Å². The summed E-state index contributed by atoms with van der Waals surface area (Å²) in [6, 6.07) is 7.21. The van der Waals surface area contributed by atoms with E-state index in [1.54, 1.807) is 12.1 Å². The summed E-state index contributed by atoms with van der Waals surface area (Å²) in [4.78, 5) is 0. The van der Waals surface area contributed by atoms with Gasteiger partial charge in [-0.1, -0.05) is 12.1 Å². The highest BCUT2D eigenvalue weighted by atomic mass is 35.5. The number of hydrogen-bond donors (Lipinski definition) is 1. The molecular weight excluding hydrogens is 286 g/mol. The summed E-state index contributed by atoms with van der Waals surface area (Å²) < 4.78 is 31.3. The molecule has 6 heteroatoms. The molecule has 1 N–H and O–H groups in total. The number of alkyl halides is 1. The van der Waals surface area contributed by atoms with Crippen LogP contribution in [0.4, 0.5) is 5.69 Å². The van der Waals surface area contributed by atoms with Crippen molar-refractivity contribution in [2.75, 3.05) is 23.0 Å². The van der Waals surface area contributed by atoms with Crippen LogP contribution in [-0.4, -0.2) is 32.8 Å². The molecule has 0 saturated heterocycles. The Labute approximate surface area is 120 Å². The molecule has 0 bridgehead atoms. The molecule has 0 unspecified atom stereocenters. The molecule has 0 amide bonds. The Kier molecular flexibility index (Phi) is 6.62. The quantitative estimate of drug-likeness (QED) is 0.751. The summed E-state index contributed by atoms with van der Waals surface area (Å²) in [5.41, 5.74) is 1.64. The third-order valence-electron chi connectivity index (χ3n) is 2.41. The molecule has 0 aliphatic heterocycles. The zero-order valence-electron chi connectivity index (χ0n) is 11.2. The Morgan fingerprint density at radius 2 is 1.89 bits per heavy atom. The van der Waals surface area contributed by atoms with E-state index in [9.17, 15) is 8.42 Å². The first-order valence-electron chi connectivity index (χ1n) is 6.20. The largest absolute Gasteiger partial charge is 0.378 e. The van der Waals surface area contributed by atoms with Crippen LogP contribution in [0.5, 0.6) is 0 Å². The highest BCUT2D eigenvalue weighted by molar-refractivity contribution is 7.92. The second kappa shape index (κ2) is 7.72. The molecule has 0 atom stereocenters. The smallest absolute Gasteiger partial charge is 0.234 e. The molecule has 0 heterocycles. The molecule has 0 aromatic heterocycles. The van der Waals surface area contributed by atoms with Crippen LogP contribution in [0.15, 0.2) is 24.3 Å². The Hall–Kier alpha value is -0.780. The fourth-order valence-corrected chi connectivity index (χ4v) is 2.60. The lowest BCUT2D eigenvalue weighted by molar-refractivity contribution is 0.0913. The Morgan fingerprint density at radius 1 is 1.26 bits per heavy atom. The van der Waals surface area contributed by atoms with Crippen LogP contribution in [0, 0.1) is 0 Å². The number of anilines is 1. The van der Waals surface area contributed by atoms with E-state index in [1.807, 2.05) is 26.0 Å². The summed E-state index contributed by atoms with van der Waals surface area (Å²) >= 11 is 5.64. The molecule has 1 aromatic carbocycles. The van der Waals surface area contributed by atoms with E-state index in [-0.39, 0.29) is 18.5 Å². The zero-order valence-corrected chi connectivity index (χ0v) is 12.8. The van der Waals surface area contributed by atoms with Gasteiger partial charge in [0.1, 0.15) is 0 Å². The molecule has 0 saturated carbocycles. The van der Waals surface area contributed by atoms with Gasteiger partial charge in [-0.2, -0.15) is 0 Å². The normalized spacial score (nSPS) is 11.8. The van der Waals surface area contributed by atoms with Crippen LogP contribution in [0.2, 0.25) is 0 Å². The van der Waals surface area contributed by atoms with Gasteiger partial charge < -0.3 is 4.74 Å². The van der Waals surface area contributed by atoms with Crippen molar-refractivity contribution in [2.24, 2.45) is 0 Å². The standard InChI is InChI=1S/C13H20ClNO3S/c1-11(2)18-9-10-19(16,17)15-13-5-3-12(4-6-13)7-8-14/h3-6,11,15H,7-10H2,1-2H3. The first-order valence-corrected chi connectivity index (χ1v) is 8.38. The fourth-order valence-electron chi connectivity index (χ4n) is 1.47. The molecule has 108 valence electrons. The highest BCUT2D eigenvalue weighted by Gasteiger charge is 2.10. The van der Waals surface area contributed by atoms with Crippen molar-refractivity contribution in [3.63, 3.8) is 0 Å². The van der Waals surface area contributed by atoms with Crippen molar-refractivity contribution < 1.29 is 13.2 Å². The molecule has 0 aliphatic rings. The van der Waals surface area contributed by atoms with E-state index in [1.165, 1.54) is 0 Å². The summed E-state index contributed by atoms with van der Waals surface area (Å²) in [7, 11) is -3.36. The summed E-state index contributed by atoms with van der Waals surface area (Å²) in [6.07, 6.45) is 0.807. The topological polar surface area (TPSA) is 55.4 Å².